The highest BCUT2D eigenvalue weighted by molar-refractivity contribution is 4.86. The Bertz CT molecular complexity index is 354. The second-order valence-electron chi connectivity index (χ2n) is 5.74. The maximum absolute atomic E-state index is 4.19. The fourth-order valence-electron chi connectivity index (χ4n) is 2.59. The van der Waals surface area contributed by atoms with Crippen molar-refractivity contribution in [3.63, 3.8) is 0 Å². The number of rotatable bonds is 6. The lowest BCUT2D eigenvalue weighted by Gasteiger charge is -2.26. The first-order valence-electron chi connectivity index (χ1n) is 6.93. The van der Waals surface area contributed by atoms with Gasteiger partial charge in [-0.25, -0.2) is 0 Å². The van der Waals surface area contributed by atoms with Crippen LogP contribution < -0.4 is 5.32 Å². The smallest absolute Gasteiger partial charge is 0.146 e. The Hall–Kier alpha value is -0.940. The summed E-state index contributed by atoms with van der Waals surface area (Å²) in [6.45, 7) is 8.84. The zero-order valence-electron chi connectivity index (χ0n) is 11.8. The highest BCUT2D eigenvalue weighted by Crippen LogP contribution is 2.11. The molecular formula is C13H25N5. The minimum Gasteiger partial charge on any atom is -0.320 e. The number of hydrogen-bond acceptors (Lipinski definition) is 4. The molecule has 1 fully saturated rings. The summed E-state index contributed by atoms with van der Waals surface area (Å²) >= 11 is 0. The van der Waals surface area contributed by atoms with Crippen LogP contribution in [-0.2, 0) is 13.6 Å². The number of aryl methyl sites for hydroxylation is 1. The average molecular weight is 251 g/mol. The summed E-state index contributed by atoms with van der Waals surface area (Å²) in [5, 5.41) is 11.7. The fourth-order valence-corrected chi connectivity index (χ4v) is 2.59. The molecule has 0 spiro atoms. The van der Waals surface area contributed by atoms with Crippen molar-refractivity contribution in [1.82, 2.24) is 25.0 Å². The molecule has 0 bridgehead atoms. The summed E-state index contributed by atoms with van der Waals surface area (Å²) in [6.07, 6.45) is 4.38. The number of nitrogens with one attached hydrogen (secondary N) is 1. The van der Waals surface area contributed by atoms with Gasteiger partial charge in [0.2, 0.25) is 0 Å². The van der Waals surface area contributed by atoms with Crippen molar-refractivity contribution in [2.45, 2.75) is 39.3 Å². The van der Waals surface area contributed by atoms with Crippen molar-refractivity contribution >= 4 is 0 Å². The van der Waals surface area contributed by atoms with E-state index in [2.05, 4.69) is 34.3 Å². The predicted molar refractivity (Wildman–Crippen MR) is 72.1 cm³/mol. The molecule has 5 heteroatoms. The molecule has 102 valence electrons. The SMILES string of the molecule is CC(C)CN(Cc1nncn1C)CC1CCCN1. The van der Waals surface area contributed by atoms with Gasteiger partial charge in [0, 0.05) is 26.2 Å². The lowest BCUT2D eigenvalue weighted by Crippen LogP contribution is -2.39. The van der Waals surface area contributed by atoms with Crippen molar-refractivity contribution < 1.29 is 0 Å². The molecule has 2 heterocycles. The number of hydrogen-bond donors (Lipinski definition) is 1. The Balaban J connectivity index is 1.93. The lowest BCUT2D eigenvalue weighted by atomic mass is 10.1. The first-order chi connectivity index (χ1) is 8.65. The van der Waals surface area contributed by atoms with Crippen LogP contribution in [0, 0.1) is 5.92 Å². The molecule has 0 radical (unpaired) electrons. The largest absolute Gasteiger partial charge is 0.320 e. The van der Waals surface area contributed by atoms with E-state index in [9.17, 15) is 0 Å². The van der Waals surface area contributed by atoms with Gasteiger partial charge in [-0.3, -0.25) is 4.90 Å². The normalized spacial score (nSPS) is 20.2. The van der Waals surface area contributed by atoms with Crippen LogP contribution in [0.3, 0.4) is 0 Å². The van der Waals surface area contributed by atoms with Crippen molar-refractivity contribution in [3.8, 4) is 0 Å². The van der Waals surface area contributed by atoms with Crippen molar-refractivity contribution in [2.24, 2.45) is 13.0 Å². The number of aromatic nitrogens is 3. The highest BCUT2D eigenvalue weighted by atomic mass is 15.3. The van der Waals surface area contributed by atoms with E-state index in [1.165, 1.54) is 19.4 Å². The molecule has 0 aromatic carbocycles. The third-order valence-electron chi connectivity index (χ3n) is 3.43. The molecular weight excluding hydrogens is 226 g/mol. The molecule has 1 saturated heterocycles. The molecule has 2 rings (SSSR count). The Morgan fingerprint density at radius 2 is 2.39 bits per heavy atom. The van der Waals surface area contributed by atoms with Crippen LogP contribution in [0.5, 0.6) is 0 Å². The molecule has 1 aromatic rings. The second kappa shape index (κ2) is 6.29. The van der Waals surface area contributed by atoms with Gasteiger partial charge in [0.25, 0.3) is 0 Å². The molecule has 1 N–H and O–H groups in total. The molecule has 1 aliphatic heterocycles. The van der Waals surface area contributed by atoms with E-state index >= 15 is 0 Å². The summed E-state index contributed by atoms with van der Waals surface area (Å²) in [4.78, 5) is 2.50. The molecule has 0 aliphatic carbocycles. The van der Waals surface area contributed by atoms with E-state index in [0.29, 0.717) is 12.0 Å². The Morgan fingerprint density at radius 3 is 2.94 bits per heavy atom. The van der Waals surface area contributed by atoms with E-state index in [1.54, 1.807) is 6.33 Å². The molecule has 1 aliphatic rings. The van der Waals surface area contributed by atoms with Crippen LogP contribution in [0.15, 0.2) is 6.33 Å². The lowest BCUT2D eigenvalue weighted by molar-refractivity contribution is 0.209. The second-order valence-corrected chi connectivity index (χ2v) is 5.74. The maximum Gasteiger partial charge on any atom is 0.146 e. The summed E-state index contributed by atoms with van der Waals surface area (Å²) in [5.74, 6) is 1.73. The summed E-state index contributed by atoms with van der Waals surface area (Å²) < 4.78 is 2.01. The molecule has 0 amide bonds. The van der Waals surface area contributed by atoms with Crippen LogP contribution in [0.2, 0.25) is 0 Å². The monoisotopic (exact) mass is 251 g/mol. The van der Waals surface area contributed by atoms with Gasteiger partial charge in [0.05, 0.1) is 6.54 Å². The van der Waals surface area contributed by atoms with E-state index in [-0.39, 0.29) is 0 Å². The van der Waals surface area contributed by atoms with Crippen molar-refractivity contribution in [2.75, 3.05) is 19.6 Å². The molecule has 1 aromatic heterocycles. The van der Waals surface area contributed by atoms with Gasteiger partial charge in [-0.2, -0.15) is 0 Å². The summed E-state index contributed by atoms with van der Waals surface area (Å²) in [6, 6.07) is 0.650. The average Bonchev–Trinajstić information content (AvgIpc) is 2.91. The molecule has 1 unspecified atom stereocenters. The molecule has 5 nitrogen and oxygen atoms in total. The van der Waals surface area contributed by atoms with E-state index < -0.39 is 0 Å². The number of nitrogens with zero attached hydrogens (tertiary/aromatic N) is 4. The Kier molecular flexibility index (Phi) is 4.72. The van der Waals surface area contributed by atoms with Crippen molar-refractivity contribution in [1.29, 1.82) is 0 Å². The van der Waals surface area contributed by atoms with Crippen LogP contribution in [0.25, 0.3) is 0 Å². The molecule has 0 saturated carbocycles. The van der Waals surface area contributed by atoms with Gasteiger partial charge >= 0.3 is 0 Å². The van der Waals surface area contributed by atoms with Gasteiger partial charge in [-0.1, -0.05) is 13.8 Å². The van der Waals surface area contributed by atoms with Crippen LogP contribution in [-0.4, -0.2) is 45.3 Å². The first-order valence-corrected chi connectivity index (χ1v) is 6.93. The third kappa shape index (κ3) is 3.78. The van der Waals surface area contributed by atoms with Crippen LogP contribution in [0.1, 0.15) is 32.5 Å². The maximum atomic E-state index is 4.19. The minimum absolute atomic E-state index is 0.650. The van der Waals surface area contributed by atoms with Gasteiger partial charge in [0.15, 0.2) is 0 Å². The summed E-state index contributed by atoms with van der Waals surface area (Å²) in [5.41, 5.74) is 0. The Labute approximate surface area is 110 Å². The zero-order valence-corrected chi connectivity index (χ0v) is 11.8. The predicted octanol–water partition coefficient (Wildman–Crippen LogP) is 1.03. The fraction of sp³-hybridized carbons (Fsp3) is 0.846. The quantitative estimate of drug-likeness (QED) is 0.820. The van der Waals surface area contributed by atoms with Gasteiger partial charge in [-0.05, 0) is 25.3 Å². The molecule has 1 atom stereocenters. The minimum atomic E-state index is 0.650. The zero-order chi connectivity index (χ0) is 13.0. The highest BCUT2D eigenvalue weighted by Gasteiger charge is 2.19. The van der Waals surface area contributed by atoms with Crippen molar-refractivity contribution in [3.05, 3.63) is 12.2 Å². The Morgan fingerprint density at radius 1 is 1.56 bits per heavy atom. The molecule has 18 heavy (non-hydrogen) atoms. The van der Waals surface area contributed by atoms with Gasteiger partial charge < -0.3 is 9.88 Å². The topological polar surface area (TPSA) is 46.0 Å². The summed E-state index contributed by atoms with van der Waals surface area (Å²) in [7, 11) is 2.01. The van der Waals surface area contributed by atoms with Crippen LogP contribution >= 0.6 is 0 Å². The van der Waals surface area contributed by atoms with Crippen LogP contribution in [0.4, 0.5) is 0 Å². The van der Waals surface area contributed by atoms with Gasteiger partial charge in [-0.15, -0.1) is 10.2 Å². The first kappa shape index (κ1) is 13.5. The van der Waals surface area contributed by atoms with E-state index in [1.807, 2.05) is 11.6 Å². The standard InChI is InChI=1S/C13H25N5/c1-11(2)7-18(8-12-5-4-6-14-12)9-13-16-15-10-17(13)3/h10-12,14H,4-9H2,1-3H3. The van der Waals surface area contributed by atoms with E-state index in [0.717, 1.165) is 25.5 Å². The van der Waals surface area contributed by atoms with E-state index in [4.69, 9.17) is 0 Å². The third-order valence-corrected chi connectivity index (χ3v) is 3.43. The van der Waals surface area contributed by atoms with Gasteiger partial charge in [0.1, 0.15) is 12.2 Å².